The molecule has 4 heteroatoms. The second-order valence-corrected chi connectivity index (χ2v) is 5.17. The van der Waals surface area contributed by atoms with Gasteiger partial charge in [-0.05, 0) is 47.9 Å². The number of hydrogen-bond donors (Lipinski definition) is 1. The molecule has 0 aliphatic rings. The summed E-state index contributed by atoms with van der Waals surface area (Å²) in [4.78, 5) is 0. The first-order valence-electron chi connectivity index (χ1n) is 5.93. The van der Waals surface area contributed by atoms with Crippen molar-refractivity contribution in [2.75, 3.05) is 7.11 Å². The first-order chi connectivity index (χ1) is 9.10. The molecule has 0 radical (unpaired) electrons. The van der Waals surface area contributed by atoms with Gasteiger partial charge in [0, 0.05) is 16.1 Å². The van der Waals surface area contributed by atoms with Gasteiger partial charge in [0.15, 0.2) is 0 Å². The van der Waals surface area contributed by atoms with Crippen molar-refractivity contribution in [2.24, 2.45) is 5.73 Å². The van der Waals surface area contributed by atoms with E-state index in [9.17, 15) is 0 Å². The van der Waals surface area contributed by atoms with Crippen LogP contribution >= 0.6 is 23.2 Å². The molecule has 1 atom stereocenters. The minimum Gasteiger partial charge on any atom is -0.497 e. The van der Waals surface area contributed by atoms with E-state index in [1.54, 1.807) is 19.2 Å². The van der Waals surface area contributed by atoms with Crippen LogP contribution in [0.2, 0.25) is 10.0 Å². The maximum absolute atomic E-state index is 6.20. The van der Waals surface area contributed by atoms with Crippen molar-refractivity contribution in [3.8, 4) is 5.75 Å². The Labute approximate surface area is 123 Å². The second-order valence-electron chi connectivity index (χ2n) is 4.33. The highest BCUT2D eigenvalue weighted by molar-refractivity contribution is 6.33. The SMILES string of the molecule is COc1cccc(CC(N)c2cc(Cl)ccc2Cl)c1. The van der Waals surface area contributed by atoms with Gasteiger partial charge < -0.3 is 10.5 Å². The summed E-state index contributed by atoms with van der Waals surface area (Å²) in [6, 6.07) is 13.0. The van der Waals surface area contributed by atoms with E-state index >= 15 is 0 Å². The summed E-state index contributed by atoms with van der Waals surface area (Å²) in [5, 5.41) is 1.28. The highest BCUT2D eigenvalue weighted by Gasteiger charge is 2.12. The van der Waals surface area contributed by atoms with E-state index in [-0.39, 0.29) is 6.04 Å². The Hall–Kier alpha value is -1.22. The zero-order chi connectivity index (χ0) is 13.8. The predicted octanol–water partition coefficient (Wildman–Crippen LogP) is 4.24. The first kappa shape index (κ1) is 14.2. The van der Waals surface area contributed by atoms with Crippen molar-refractivity contribution in [3.63, 3.8) is 0 Å². The van der Waals surface area contributed by atoms with Crippen molar-refractivity contribution in [1.29, 1.82) is 0 Å². The summed E-state index contributed by atoms with van der Waals surface area (Å²) in [6.07, 6.45) is 0.678. The van der Waals surface area contributed by atoms with Gasteiger partial charge in [-0.1, -0.05) is 35.3 Å². The summed E-state index contributed by atoms with van der Waals surface area (Å²) in [5.41, 5.74) is 8.16. The van der Waals surface area contributed by atoms with Crippen LogP contribution in [0.25, 0.3) is 0 Å². The topological polar surface area (TPSA) is 35.2 Å². The maximum atomic E-state index is 6.20. The summed E-state index contributed by atoms with van der Waals surface area (Å²) >= 11 is 12.1. The molecule has 100 valence electrons. The molecule has 2 N–H and O–H groups in total. The van der Waals surface area contributed by atoms with E-state index in [1.807, 2.05) is 30.3 Å². The summed E-state index contributed by atoms with van der Waals surface area (Å²) in [7, 11) is 1.65. The summed E-state index contributed by atoms with van der Waals surface area (Å²) in [6.45, 7) is 0. The predicted molar refractivity (Wildman–Crippen MR) is 80.1 cm³/mol. The Morgan fingerprint density at radius 3 is 2.68 bits per heavy atom. The van der Waals surface area contributed by atoms with E-state index in [2.05, 4.69) is 0 Å². The Morgan fingerprint density at radius 2 is 1.95 bits per heavy atom. The number of rotatable bonds is 4. The van der Waals surface area contributed by atoms with Gasteiger partial charge in [0.25, 0.3) is 0 Å². The van der Waals surface area contributed by atoms with Gasteiger partial charge in [0.05, 0.1) is 7.11 Å². The fourth-order valence-electron chi connectivity index (χ4n) is 1.96. The molecule has 0 saturated heterocycles. The number of benzene rings is 2. The van der Waals surface area contributed by atoms with Gasteiger partial charge in [-0.15, -0.1) is 0 Å². The molecule has 1 unspecified atom stereocenters. The van der Waals surface area contributed by atoms with Gasteiger partial charge >= 0.3 is 0 Å². The molecule has 2 nitrogen and oxygen atoms in total. The monoisotopic (exact) mass is 295 g/mol. The third-order valence-corrected chi connectivity index (χ3v) is 3.53. The molecular formula is C15H15Cl2NO. The molecule has 2 rings (SSSR count). The molecule has 0 saturated carbocycles. The molecular weight excluding hydrogens is 281 g/mol. The van der Waals surface area contributed by atoms with E-state index < -0.39 is 0 Å². The lowest BCUT2D eigenvalue weighted by Gasteiger charge is -2.14. The number of nitrogens with two attached hydrogens (primary N) is 1. The Bertz CT molecular complexity index is 572. The Kier molecular flexibility index (Phi) is 4.70. The fourth-order valence-corrected chi connectivity index (χ4v) is 2.40. The smallest absolute Gasteiger partial charge is 0.119 e. The summed E-state index contributed by atoms with van der Waals surface area (Å²) < 4.78 is 5.20. The minimum atomic E-state index is -0.196. The van der Waals surface area contributed by atoms with E-state index in [0.717, 1.165) is 16.9 Å². The third-order valence-electron chi connectivity index (χ3n) is 2.95. The number of halogens is 2. The Balaban J connectivity index is 2.20. The van der Waals surface area contributed by atoms with Crippen LogP contribution in [0.3, 0.4) is 0 Å². The van der Waals surface area contributed by atoms with Crippen LogP contribution in [-0.4, -0.2) is 7.11 Å². The molecule has 0 bridgehead atoms. The lowest BCUT2D eigenvalue weighted by molar-refractivity contribution is 0.414. The average molecular weight is 296 g/mol. The average Bonchev–Trinajstić information content (AvgIpc) is 2.41. The van der Waals surface area contributed by atoms with E-state index in [4.69, 9.17) is 33.7 Å². The van der Waals surface area contributed by atoms with E-state index in [0.29, 0.717) is 16.5 Å². The normalized spacial score (nSPS) is 12.2. The van der Waals surface area contributed by atoms with Crippen LogP contribution in [0.4, 0.5) is 0 Å². The van der Waals surface area contributed by atoms with Crippen molar-refractivity contribution in [1.82, 2.24) is 0 Å². The maximum Gasteiger partial charge on any atom is 0.119 e. The molecule has 2 aromatic rings. The van der Waals surface area contributed by atoms with Gasteiger partial charge in [-0.25, -0.2) is 0 Å². The van der Waals surface area contributed by atoms with Crippen LogP contribution in [-0.2, 0) is 6.42 Å². The van der Waals surface area contributed by atoms with Crippen molar-refractivity contribution in [2.45, 2.75) is 12.5 Å². The number of hydrogen-bond acceptors (Lipinski definition) is 2. The lowest BCUT2D eigenvalue weighted by atomic mass is 9.99. The zero-order valence-corrected chi connectivity index (χ0v) is 12.1. The molecule has 0 aliphatic heterocycles. The van der Waals surface area contributed by atoms with Crippen LogP contribution in [0.1, 0.15) is 17.2 Å². The van der Waals surface area contributed by atoms with Crippen molar-refractivity contribution < 1.29 is 4.74 Å². The molecule has 0 spiro atoms. The third kappa shape index (κ3) is 3.63. The second kappa shape index (κ2) is 6.29. The van der Waals surface area contributed by atoms with Gasteiger partial charge in [-0.2, -0.15) is 0 Å². The molecule has 2 aromatic carbocycles. The molecule has 0 aromatic heterocycles. The first-order valence-corrected chi connectivity index (χ1v) is 6.69. The highest BCUT2D eigenvalue weighted by atomic mass is 35.5. The molecule has 0 amide bonds. The fraction of sp³-hybridized carbons (Fsp3) is 0.200. The van der Waals surface area contributed by atoms with Gasteiger partial charge in [0.2, 0.25) is 0 Å². The lowest BCUT2D eigenvalue weighted by Crippen LogP contribution is -2.14. The quantitative estimate of drug-likeness (QED) is 0.915. The van der Waals surface area contributed by atoms with Gasteiger partial charge in [-0.3, -0.25) is 0 Å². The zero-order valence-electron chi connectivity index (χ0n) is 10.6. The molecule has 0 heterocycles. The van der Waals surface area contributed by atoms with Crippen LogP contribution in [0.15, 0.2) is 42.5 Å². The van der Waals surface area contributed by atoms with Crippen molar-refractivity contribution in [3.05, 3.63) is 63.6 Å². The molecule has 0 aliphatic carbocycles. The Morgan fingerprint density at radius 1 is 1.16 bits per heavy atom. The number of methoxy groups -OCH3 is 1. The minimum absolute atomic E-state index is 0.196. The van der Waals surface area contributed by atoms with Crippen LogP contribution in [0, 0.1) is 0 Å². The highest BCUT2D eigenvalue weighted by Crippen LogP contribution is 2.27. The molecule has 0 fully saturated rings. The largest absolute Gasteiger partial charge is 0.497 e. The van der Waals surface area contributed by atoms with Crippen molar-refractivity contribution >= 4 is 23.2 Å². The standard InChI is InChI=1S/C15H15Cl2NO/c1-19-12-4-2-3-10(7-12)8-15(18)13-9-11(16)5-6-14(13)17/h2-7,9,15H,8,18H2,1H3. The van der Waals surface area contributed by atoms with Crippen LogP contribution in [0.5, 0.6) is 5.75 Å². The summed E-state index contributed by atoms with van der Waals surface area (Å²) in [5.74, 6) is 0.821. The number of ether oxygens (including phenoxy) is 1. The molecule has 19 heavy (non-hydrogen) atoms. The van der Waals surface area contributed by atoms with Crippen LogP contribution < -0.4 is 10.5 Å². The van der Waals surface area contributed by atoms with Gasteiger partial charge in [0.1, 0.15) is 5.75 Å². The van der Waals surface area contributed by atoms with E-state index in [1.165, 1.54) is 0 Å².